The van der Waals surface area contributed by atoms with Gasteiger partial charge in [-0.05, 0) is 48.8 Å². The zero-order valence-electron chi connectivity index (χ0n) is 11.7. The summed E-state index contributed by atoms with van der Waals surface area (Å²) in [5, 5.41) is 3.54. The number of ether oxygens (including phenoxy) is 1. The lowest BCUT2D eigenvalue weighted by Crippen LogP contribution is -2.33. The van der Waals surface area contributed by atoms with Crippen molar-refractivity contribution < 1.29 is 13.9 Å². The molecule has 1 aromatic carbocycles. The van der Waals surface area contributed by atoms with Crippen molar-refractivity contribution in [1.82, 2.24) is 5.32 Å². The topological polar surface area (TPSA) is 38.3 Å². The average Bonchev–Trinajstić information content (AvgIpc) is 3.07. The van der Waals surface area contributed by atoms with Crippen LogP contribution in [0.1, 0.15) is 41.6 Å². The van der Waals surface area contributed by atoms with E-state index < -0.39 is 11.8 Å². The molecule has 3 nitrogen and oxygen atoms in total. The molecule has 3 atom stereocenters. The third-order valence-corrected chi connectivity index (χ3v) is 4.75. The van der Waals surface area contributed by atoms with E-state index in [-0.39, 0.29) is 5.56 Å². The van der Waals surface area contributed by atoms with Gasteiger partial charge >= 0.3 is 5.97 Å². The molecule has 0 aliphatic heterocycles. The van der Waals surface area contributed by atoms with Gasteiger partial charge in [0.1, 0.15) is 5.82 Å². The predicted octanol–water partition coefficient (Wildman–Crippen LogP) is 2.89. The summed E-state index contributed by atoms with van der Waals surface area (Å²) in [5.41, 5.74) is 0.870. The number of fused-ring (bicyclic) bond motifs is 2. The van der Waals surface area contributed by atoms with Gasteiger partial charge in [0.2, 0.25) is 0 Å². The molecule has 2 aliphatic rings. The summed E-state index contributed by atoms with van der Waals surface area (Å²) in [6.45, 7) is 0.659. The second kappa shape index (κ2) is 5.52. The molecule has 1 aromatic rings. The summed E-state index contributed by atoms with van der Waals surface area (Å²) in [5.74, 6) is 0.564. The van der Waals surface area contributed by atoms with Crippen LogP contribution in [-0.2, 0) is 11.3 Å². The second-order valence-corrected chi connectivity index (χ2v) is 5.97. The van der Waals surface area contributed by atoms with Crippen LogP contribution in [0.3, 0.4) is 0 Å². The number of rotatable bonds is 4. The highest BCUT2D eigenvalue weighted by atomic mass is 19.1. The maximum absolute atomic E-state index is 13.8. The number of benzene rings is 1. The lowest BCUT2D eigenvalue weighted by Gasteiger charge is -2.23. The minimum atomic E-state index is -0.630. The van der Waals surface area contributed by atoms with Crippen molar-refractivity contribution in [3.63, 3.8) is 0 Å². The molecule has 2 bridgehead atoms. The summed E-state index contributed by atoms with van der Waals surface area (Å²) in [6, 6.07) is 5.29. The molecule has 108 valence electrons. The fourth-order valence-corrected chi connectivity index (χ4v) is 3.69. The highest BCUT2D eigenvalue weighted by molar-refractivity contribution is 5.89. The van der Waals surface area contributed by atoms with Gasteiger partial charge in [-0.3, -0.25) is 0 Å². The maximum Gasteiger partial charge on any atom is 0.340 e. The van der Waals surface area contributed by atoms with Crippen LogP contribution in [0.2, 0.25) is 0 Å². The Kier molecular flexibility index (Phi) is 3.74. The molecule has 3 rings (SSSR count). The average molecular weight is 277 g/mol. The Hall–Kier alpha value is -1.42. The first-order chi connectivity index (χ1) is 9.67. The molecule has 1 N–H and O–H groups in total. The quantitative estimate of drug-likeness (QED) is 0.860. The van der Waals surface area contributed by atoms with Gasteiger partial charge in [-0.1, -0.05) is 12.5 Å². The Bertz CT molecular complexity index is 517. The first kappa shape index (κ1) is 13.6. The highest BCUT2D eigenvalue weighted by Crippen LogP contribution is 2.44. The van der Waals surface area contributed by atoms with Crippen molar-refractivity contribution in [3.8, 4) is 0 Å². The molecule has 0 amide bonds. The molecule has 4 heteroatoms. The van der Waals surface area contributed by atoms with Crippen LogP contribution >= 0.6 is 0 Å². The number of carbonyl (C=O) groups is 1. The number of methoxy groups -OCH3 is 1. The molecular formula is C16H20FNO2. The van der Waals surface area contributed by atoms with Crippen molar-refractivity contribution in [3.05, 3.63) is 35.1 Å². The smallest absolute Gasteiger partial charge is 0.340 e. The minimum Gasteiger partial charge on any atom is -0.465 e. The molecule has 0 spiro atoms. The van der Waals surface area contributed by atoms with Crippen molar-refractivity contribution in [1.29, 1.82) is 0 Å². The van der Waals surface area contributed by atoms with E-state index in [9.17, 15) is 9.18 Å². The van der Waals surface area contributed by atoms with Crippen molar-refractivity contribution in [2.24, 2.45) is 11.8 Å². The van der Waals surface area contributed by atoms with Gasteiger partial charge in [-0.15, -0.1) is 0 Å². The number of halogens is 1. The standard InChI is InChI=1S/C16H20FNO2/c1-20-16(19)13-5-3-11(7-14(13)17)9-18-15-8-10-2-4-12(15)6-10/h3,5,7,10,12,15,18H,2,4,6,8-9H2,1H3. The van der Waals surface area contributed by atoms with Gasteiger partial charge in [-0.25, -0.2) is 9.18 Å². The van der Waals surface area contributed by atoms with E-state index in [4.69, 9.17) is 0 Å². The van der Waals surface area contributed by atoms with E-state index in [0.717, 1.165) is 17.4 Å². The van der Waals surface area contributed by atoms with E-state index in [2.05, 4.69) is 10.1 Å². The zero-order chi connectivity index (χ0) is 14.1. The molecule has 0 saturated heterocycles. The number of nitrogens with one attached hydrogen (secondary N) is 1. The normalized spacial score (nSPS) is 27.8. The maximum atomic E-state index is 13.8. The molecule has 2 fully saturated rings. The monoisotopic (exact) mass is 277 g/mol. The fraction of sp³-hybridized carbons (Fsp3) is 0.562. The number of hydrogen-bond acceptors (Lipinski definition) is 3. The van der Waals surface area contributed by atoms with Gasteiger partial charge in [0, 0.05) is 12.6 Å². The Morgan fingerprint density at radius 1 is 1.40 bits per heavy atom. The van der Waals surface area contributed by atoms with Gasteiger partial charge in [0.25, 0.3) is 0 Å². The van der Waals surface area contributed by atoms with E-state index in [0.29, 0.717) is 12.6 Å². The van der Waals surface area contributed by atoms with E-state index in [1.165, 1.54) is 44.9 Å². The molecule has 0 aromatic heterocycles. The Labute approximate surface area is 118 Å². The lowest BCUT2D eigenvalue weighted by molar-refractivity contribution is 0.0595. The van der Waals surface area contributed by atoms with Gasteiger partial charge in [0.15, 0.2) is 0 Å². The van der Waals surface area contributed by atoms with Crippen LogP contribution in [0.25, 0.3) is 0 Å². The van der Waals surface area contributed by atoms with Crippen LogP contribution in [-0.4, -0.2) is 19.1 Å². The molecular weight excluding hydrogens is 257 g/mol. The summed E-state index contributed by atoms with van der Waals surface area (Å²) in [6.07, 6.45) is 5.32. The summed E-state index contributed by atoms with van der Waals surface area (Å²) in [4.78, 5) is 11.3. The lowest BCUT2D eigenvalue weighted by atomic mass is 9.95. The van der Waals surface area contributed by atoms with Gasteiger partial charge < -0.3 is 10.1 Å². The van der Waals surface area contributed by atoms with E-state index >= 15 is 0 Å². The van der Waals surface area contributed by atoms with Crippen molar-refractivity contribution in [2.45, 2.75) is 38.3 Å². The molecule has 0 heterocycles. The summed E-state index contributed by atoms with van der Waals surface area (Å²) < 4.78 is 18.3. The first-order valence-corrected chi connectivity index (χ1v) is 7.27. The SMILES string of the molecule is COC(=O)c1ccc(CNC2CC3CCC2C3)cc1F. The Morgan fingerprint density at radius 3 is 2.85 bits per heavy atom. The first-order valence-electron chi connectivity index (χ1n) is 7.27. The molecule has 2 aliphatic carbocycles. The molecule has 2 saturated carbocycles. The van der Waals surface area contributed by atoms with E-state index in [1.807, 2.05) is 0 Å². The van der Waals surface area contributed by atoms with Crippen molar-refractivity contribution in [2.75, 3.05) is 7.11 Å². The van der Waals surface area contributed by atoms with Crippen LogP contribution < -0.4 is 5.32 Å². The van der Waals surface area contributed by atoms with Gasteiger partial charge in [-0.2, -0.15) is 0 Å². The van der Waals surface area contributed by atoms with Crippen molar-refractivity contribution >= 4 is 5.97 Å². The Balaban J connectivity index is 1.61. The molecule has 0 radical (unpaired) electrons. The molecule has 20 heavy (non-hydrogen) atoms. The van der Waals surface area contributed by atoms with Crippen LogP contribution in [0.15, 0.2) is 18.2 Å². The fourth-order valence-electron chi connectivity index (χ4n) is 3.69. The third kappa shape index (κ3) is 2.57. The zero-order valence-corrected chi connectivity index (χ0v) is 11.7. The van der Waals surface area contributed by atoms with Crippen LogP contribution in [0.4, 0.5) is 4.39 Å². The number of esters is 1. The number of hydrogen-bond donors (Lipinski definition) is 1. The van der Waals surface area contributed by atoms with Crippen LogP contribution in [0, 0.1) is 17.7 Å². The second-order valence-electron chi connectivity index (χ2n) is 5.97. The largest absolute Gasteiger partial charge is 0.465 e. The highest BCUT2D eigenvalue weighted by Gasteiger charge is 2.38. The number of carbonyl (C=O) groups excluding carboxylic acids is 1. The van der Waals surface area contributed by atoms with Gasteiger partial charge in [0.05, 0.1) is 12.7 Å². The predicted molar refractivity (Wildman–Crippen MR) is 73.8 cm³/mol. The summed E-state index contributed by atoms with van der Waals surface area (Å²) >= 11 is 0. The van der Waals surface area contributed by atoms with E-state index in [1.54, 1.807) is 6.07 Å². The van der Waals surface area contributed by atoms with Crippen LogP contribution in [0.5, 0.6) is 0 Å². The Morgan fingerprint density at radius 2 is 2.25 bits per heavy atom. The third-order valence-electron chi connectivity index (χ3n) is 4.75. The molecule has 3 unspecified atom stereocenters. The minimum absolute atomic E-state index is 0.00354. The summed E-state index contributed by atoms with van der Waals surface area (Å²) in [7, 11) is 1.26.